The smallest absolute Gasteiger partial charge is 0.338 e. The van der Waals surface area contributed by atoms with Gasteiger partial charge in [0.2, 0.25) is 0 Å². The van der Waals surface area contributed by atoms with E-state index in [1.165, 1.54) is 11.3 Å². The third-order valence-corrected chi connectivity index (χ3v) is 7.08. The van der Waals surface area contributed by atoms with Crippen molar-refractivity contribution in [2.45, 2.75) is 33.7 Å². The average molecular weight is 523 g/mol. The summed E-state index contributed by atoms with van der Waals surface area (Å²) in [6, 6.07) is 10.3. The highest BCUT2D eigenvalue weighted by Gasteiger charge is 2.35. The molecule has 1 unspecified atom stereocenters. The monoisotopic (exact) mass is 522 g/mol. The van der Waals surface area contributed by atoms with Gasteiger partial charge in [0.25, 0.3) is 5.56 Å². The molecule has 0 aliphatic carbocycles. The van der Waals surface area contributed by atoms with Crippen LogP contribution in [0.3, 0.4) is 0 Å². The molecule has 1 aliphatic rings. The Labute approximate surface area is 219 Å². The van der Waals surface area contributed by atoms with E-state index >= 15 is 0 Å². The summed E-state index contributed by atoms with van der Waals surface area (Å²) in [7, 11) is 3.17. The van der Waals surface area contributed by atoms with Crippen LogP contribution in [0.4, 0.5) is 0 Å². The topological polar surface area (TPSA) is 88.4 Å². The first-order valence-corrected chi connectivity index (χ1v) is 12.8. The zero-order valence-corrected chi connectivity index (χ0v) is 22.6. The van der Waals surface area contributed by atoms with Gasteiger partial charge < -0.3 is 18.9 Å². The summed E-state index contributed by atoms with van der Waals surface area (Å²) in [6.07, 6.45) is 1.84. The van der Waals surface area contributed by atoms with E-state index in [1.54, 1.807) is 38.7 Å². The van der Waals surface area contributed by atoms with E-state index in [4.69, 9.17) is 18.9 Å². The van der Waals surface area contributed by atoms with Gasteiger partial charge in [0.1, 0.15) is 11.8 Å². The van der Waals surface area contributed by atoms with Crippen LogP contribution in [0.1, 0.15) is 43.5 Å². The van der Waals surface area contributed by atoms with Gasteiger partial charge in [0.15, 0.2) is 16.3 Å². The fraction of sp³-hybridized carbons (Fsp3) is 0.321. The van der Waals surface area contributed by atoms with E-state index < -0.39 is 12.0 Å². The van der Waals surface area contributed by atoms with Crippen LogP contribution in [-0.2, 0) is 9.53 Å². The van der Waals surface area contributed by atoms with Crippen LogP contribution in [0.25, 0.3) is 6.08 Å². The minimum Gasteiger partial charge on any atom is -0.497 e. The van der Waals surface area contributed by atoms with Crippen molar-refractivity contribution < 1.29 is 23.7 Å². The van der Waals surface area contributed by atoms with Crippen molar-refractivity contribution in [3.8, 4) is 17.2 Å². The molecule has 0 spiro atoms. The second-order valence-electron chi connectivity index (χ2n) is 8.34. The van der Waals surface area contributed by atoms with E-state index in [0.717, 1.165) is 16.9 Å². The Bertz CT molecular complexity index is 1550. The minimum absolute atomic E-state index is 0.194. The number of carbonyl (C=O) groups is 1. The molecule has 0 saturated carbocycles. The Morgan fingerprint density at radius 1 is 1.11 bits per heavy atom. The number of thiazole rings is 1. The van der Waals surface area contributed by atoms with Gasteiger partial charge in [-0.25, -0.2) is 9.79 Å². The molecule has 0 fully saturated rings. The maximum Gasteiger partial charge on any atom is 0.338 e. The number of ether oxygens (including phenoxy) is 4. The lowest BCUT2D eigenvalue weighted by Crippen LogP contribution is -2.40. The number of methoxy groups -OCH3 is 2. The highest BCUT2D eigenvalue weighted by molar-refractivity contribution is 7.07. The molecule has 4 rings (SSSR count). The summed E-state index contributed by atoms with van der Waals surface area (Å²) in [5.41, 5.74) is 2.99. The molecule has 1 aliphatic heterocycles. The number of rotatable bonds is 8. The average Bonchev–Trinajstić information content (AvgIpc) is 3.19. The first-order valence-electron chi connectivity index (χ1n) is 12.0. The molecule has 0 saturated heterocycles. The van der Waals surface area contributed by atoms with Crippen LogP contribution >= 0.6 is 11.3 Å². The summed E-state index contributed by atoms with van der Waals surface area (Å²) in [5.74, 6) is 1.19. The molecule has 2 aromatic carbocycles. The van der Waals surface area contributed by atoms with Crippen LogP contribution in [0.2, 0.25) is 0 Å². The Morgan fingerprint density at radius 2 is 1.89 bits per heavy atom. The number of allylic oxidation sites excluding steroid dienone is 1. The summed E-state index contributed by atoms with van der Waals surface area (Å²) in [4.78, 5) is 32.2. The zero-order valence-electron chi connectivity index (χ0n) is 21.8. The Morgan fingerprint density at radius 3 is 2.54 bits per heavy atom. The molecule has 0 radical (unpaired) electrons. The molecule has 37 heavy (non-hydrogen) atoms. The van der Waals surface area contributed by atoms with Crippen molar-refractivity contribution >= 4 is 23.4 Å². The third-order valence-electron chi connectivity index (χ3n) is 6.09. The lowest BCUT2D eigenvalue weighted by atomic mass is 9.94. The van der Waals surface area contributed by atoms with E-state index in [-0.39, 0.29) is 17.7 Å². The number of fused-ring (bicyclic) bond motifs is 1. The van der Waals surface area contributed by atoms with Crippen molar-refractivity contribution in [2.75, 3.05) is 27.4 Å². The summed E-state index contributed by atoms with van der Waals surface area (Å²) < 4.78 is 24.3. The molecule has 0 amide bonds. The standard InChI is InChI=1S/C28H30N2O6S/c1-7-35-25-20(10-9-11-21(25)34-6)24-23(27(32)36-8-2)17(4)29-28-30(24)26(31)22(37-28)15-18-12-13-19(33-5)14-16(18)3/h9-15,24H,7-8H2,1-6H3/b22-15-. The number of para-hydroxylation sites is 1. The second-order valence-corrected chi connectivity index (χ2v) is 9.35. The summed E-state index contributed by atoms with van der Waals surface area (Å²) in [5, 5.41) is 0. The molecule has 1 atom stereocenters. The molecule has 3 aromatic rings. The molecule has 1 aromatic heterocycles. The van der Waals surface area contributed by atoms with Crippen LogP contribution in [0.5, 0.6) is 17.2 Å². The normalized spacial score (nSPS) is 15.2. The Balaban J connectivity index is 2.01. The van der Waals surface area contributed by atoms with Gasteiger partial charge in [-0.15, -0.1) is 0 Å². The predicted octanol–water partition coefficient (Wildman–Crippen LogP) is 3.52. The fourth-order valence-electron chi connectivity index (χ4n) is 4.37. The molecule has 194 valence electrons. The number of esters is 1. The van der Waals surface area contributed by atoms with Gasteiger partial charge in [-0.2, -0.15) is 0 Å². The van der Waals surface area contributed by atoms with Crippen LogP contribution in [0.15, 0.2) is 57.5 Å². The fourth-order valence-corrected chi connectivity index (χ4v) is 5.41. The number of aryl methyl sites for hydroxylation is 1. The summed E-state index contributed by atoms with van der Waals surface area (Å²) in [6.45, 7) is 7.90. The molecular weight excluding hydrogens is 492 g/mol. The molecule has 0 N–H and O–H groups in total. The van der Waals surface area contributed by atoms with Crippen LogP contribution < -0.4 is 29.1 Å². The molecule has 2 heterocycles. The largest absolute Gasteiger partial charge is 0.497 e. The maximum absolute atomic E-state index is 13.9. The van der Waals surface area contributed by atoms with Crippen LogP contribution in [0, 0.1) is 6.92 Å². The first-order chi connectivity index (χ1) is 17.8. The van der Waals surface area contributed by atoms with E-state index in [9.17, 15) is 9.59 Å². The van der Waals surface area contributed by atoms with Crippen molar-refractivity contribution in [2.24, 2.45) is 4.99 Å². The highest BCUT2D eigenvalue weighted by atomic mass is 32.1. The van der Waals surface area contributed by atoms with Crippen molar-refractivity contribution in [3.63, 3.8) is 0 Å². The highest BCUT2D eigenvalue weighted by Crippen LogP contribution is 2.40. The SMILES string of the molecule is CCOC(=O)C1=C(C)N=c2s/c(=C\c3ccc(OC)cc3C)c(=O)n2C1c1cccc(OC)c1OCC. The second kappa shape index (κ2) is 11.0. The van der Waals surface area contributed by atoms with Gasteiger partial charge in [0, 0.05) is 5.56 Å². The quantitative estimate of drug-likeness (QED) is 0.421. The van der Waals surface area contributed by atoms with Crippen molar-refractivity contribution in [3.05, 3.63) is 84.0 Å². The van der Waals surface area contributed by atoms with Gasteiger partial charge in [-0.1, -0.05) is 29.5 Å². The van der Waals surface area contributed by atoms with E-state index in [2.05, 4.69) is 4.99 Å². The number of aromatic nitrogens is 1. The van der Waals surface area contributed by atoms with Gasteiger partial charge in [-0.3, -0.25) is 9.36 Å². The van der Waals surface area contributed by atoms with Crippen molar-refractivity contribution in [1.82, 2.24) is 4.57 Å². The molecule has 9 heteroatoms. The lowest BCUT2D eigenvalue weighted by Gasteiger charge is -2.26. The number of benzene rings is 2. The van der Waals surface area contributed by atoms with Gasteiger partial charge in [-0.05, 0) is 63.1 Å². The van der Waals surface area contributed by atoms with E-state index in [0.29, 0.717) is 38.7 Å². The third kappa shape index (κ3) is 4.91. The Hall–Kier alpha value is -3.85. The summed E-state index contributed by atoms with van der Waals surface area (Å²) >= 11 is 1.27. The molecule has 0 bridgehead atoms. The Kier molecular flexibility index (Phi) is 7.83. The number of carbonyl (C=O) groups excluding carboxylic acids is 1. The van der Waals surface area contributed by atoms with Crippen molar-refractivity contribution in [1.29, 1.82) is 0 Å². The minimum atomic E-state index is -0.800. The maximum atomic E-state index is 13.9. The molecule has 8 nitrogen and oxygen atoms in total. The molecular formula is C28H30N2O6S. The van der Waals surface area contributed by atoms with Gasteiger partial charge >= 0.3 is 5.97 Å². The van der Waals surface area contributed by atoms with E-state index in [1.807, 2.05) is 50.3 Å². The predicted molar refractivity (Wildman–Crippen MR) is 142 cm³/mol. The zero-order chi connectivity index (χ0) is 26.7. The van der Waals surface area contributed by atoms with Crippen LogP contribution in [-0.4, -0.2) is 38.0 Å². The first kappa shape index (κ1) is 26.2. The number of hydrogen-bond acceptors (Lipinski definition) is 8. The number of hydrogen-bond donors (Lipinski definition) is 0. The lowest BCUT2D eigenvalue weighted by molar-refractivity contribution is -0.139. The van der Waals surface area contributed by atoms with Gasteiger partial charge in [0.05, 0.1) is 43.2 Å². The number of nitrogens with zero attached hydrogens (tertiary/aromatic N) is 2.